The standard InChI is InChI=1S/C28H37BN4O4/c1-3-21(2)28(29(35)36)30-27(34)20-33-26(22-10-5-4-6-11-22)19-25(31-33)23-12-9-13-24(18-23)37-17-16-32-14-7-8-15-32/h4-6,9-13,18-19,21,28,35-36H,3,7-8,14-17,20H2,1-2H3,(H,30,34)/t21-,28+/m1/s1. The number of amides is 1. The molecular weight excluding hydrogens is 467 g/mol. The number of likely N-dealkylation sites (tertiary alicyclic amines) is 1. The molecule has 1 aliphatic heterocycles. The molecule has 0 unspecified atom stereocenters. The molecular formula is C28H37BN4O4. The van der Waals surface area contributed by atoms with E-state index < -0.39 is 13.1 Å². The van der Waals surface area contributed by atoms with Gasteiger partial charge in [0, 0.05) is 12.1 Å². The SMILES string of the molecule is CC[C@@H](C)[C@H](NC(=O)Cn1nc(-c2cccc(OCCN3CCCC3)c2)cc1-c1ccccc1)B(O)O. The van der Waals surface area contributed by atoms with Crippen molar-refractivity contribution >= 4 is 13.0 Å². The zero-order valence-corrected chi connectivity index (χ0v) is 21.7. The van der Waals surface area contributed by atoms with Crippen molar-refractivity contribution in [2.24, 2.45) is 5.92 Å². The molecule has 4 rings (SSSR count). The van der Waals surface area contributed by atoms with Crippen LogP contribution in [0.25, 0.3) is 22.5 Å². The van der Waals surface area contributed by atoms with Crippen molar-refractivity contribution < 1.29 is 19.6 Å². The van der Waals surface area contributed by atoms with E-state index in [2.05, 4.69) is 10.2 Å². The van der Waals surface area contributed by atoms with Crippen LogP contribution < -0.4 is 10.1 Å². The Labute approximate surface area is 219 Å². The lowest BCUT2D eigenvalue weighted by Crippen LogP contribution is -2.51. The fourth-order valence-corrected chi connectivity index (χ4v) is 4.70. The molecule has 2 aromatic carbocycles. The van der Waals surface area contributed by atoms with Gasteiger partial charge in [0.25, 0.3) is 0 Å². The summed E-state index contributed by atoms with van der Waals surface area (Å²) in [6.07, 6.45) is 3.23. The molecule has 1 aromatic heterocycles. The second-order valence-electron chi connectivity index (χ2n) is 9.76. The van der Waals surface area contributed by atoms with Gasteiger partial charge in [-0.1, -0.05) is 62.7 Å². The van der Waals surface area contributed by atoms with Crippen molar-refractivity contribution in [3.63, 3.8) is 0 Å². The summed E-state index contributed by atoms with van der Waals surface area (Å²) in [5.41, 5.74) is 3.37. The van der Waals surface area contributed by atoms with E-state index in [0.717, 1.165) is 47.9 Å². The van der Waals surface area contributed by atoms with Crippen LogP contribution in [0.5, 0.6) is 5.75 Å². The van der Waals surface area contributed by atoms with Crippen LogP contribution in [0.1, 0.15) is 33.1 Å². The summed E-state index contributed by atoms with van der Waals surface area (Å²) in [5, 5.41) is 27.1. The normalized spacial score (nSPS) is 15.4. The van der Waals surface area contributed by atoms with Gasteiger partial charge < -0.3 is 20.1 Å². The average Bonchev–Trinajstić information content (AvgIpc) is 3.58. The average molecular weight is 504 g/mol. The molecule has 1 fully saturated rings. The van der Waals surface area contributed by atoms with Crippen molar-refractivity contribution in [3.8, 4) is 28.3 Å². The maximum atomic E-state index is 12.9. The molecule has 1 saturated heterocycles. The molecule has 0 radical (unpaired) electrons. The first-order valence-electron chi connectivity index (χ1n) is 13.2. The van der Waals surface area contributed by atoms with Crippen LogP contribution in [0.4, 0.5) is 0 Å². The minimum Gasteiger partial charge on any atom is -0.492 e. The van der Waals surface area contributed by atoms with Crippen LogP contribution in [0.3, 0.4) is 0 Å². The van der Waals surface area contributed by atoms with Gasteiger partial charge in [0.15, 0.2) is 0 Å². The van der Waals surface area contributed by atoms with Gasteiger partial charge in [0.1, 0.15) is 18.9 Å². The summed E-state index contributed by atoms with van der Waals surface area (Å²) < 4.78 is 7.69. The number of aromatic nitrogens is 2. The molecule has 2 atom stereocenters. The highest BCUT2D eigenvalue weighted by Crippen LogP contribution is 2.28. The number of rotatable bonds is 12. The number of hydrogen-bond donors (Lipinski definition) is 3. The Morgan fingerprint density at radius 1 is 1.08 bits per heavy atom. The van der Waals surface area contributed by atoms with Crippen molar-refractivity contribution in [1.29, 1.82) is 0 Å². The smallest absolute Gasteiger partial charge is 0.475 e. The minimum absolute atomic E-state index is 0.0457. The molecule has 9 heteroatoms. The highest BCUT2D eigenvalue weighted by Gasteiger charge is 2.30. The third-order valence-corrected chi connectivity index (χ3v) is 7.05. The molecule has 0 saturated carbocycles. The van der Waals surface area contributed by atoms with Crippen molar-refractivity contribution in [2.75, 3.05) is 26.2 Å². The summed E-state index contributed by atoms with van der Waals surface area (Å²) in [4.78, 5) is 15.4. The van der Waals surface area contributed by atoms with Crippen molar-refractivity contribution in [2.45, 2.75) is 45.6 Å². The molecule has 196 valence electrons. The predicted molar refractivity (Wildman–Crippen MR) is 146 cm³/mol. The third kappa shape index (κ3) is 7.22. The maximum Gasteiger partial charge on any atom is 0.475 e. The Morgan fingerprint density at radius 2 is 1.81 bits per heavy atom. The number of carbonyl (C=O) groups excluding carboxylic acids is 1. The van der Waals surface area contributed by atoms with Crippen molar-refractivity contribution in [1.82, 2.24) is 20.0 Å². The molecule has 3 aromatic rings. The molecule has 8 nitrogen and oxygen atoms in total. The fourth-order valence-electron chi connectivity index (χ4n) is 4.70. The number of benzene rings is 2. The summed E-state index contributed by atoms with van der Waals surface area (Å²) in [6, 6.07) is 19.6. The van der Waals surface area contributed by atoms with Gasteiger partial charge >= 0.3 is 7.12 Å². The quantitative estimate of drug-likeness (QED) is 0.328. The molecule has 0 aliphatic carbocycles. The summed E-state index contributed by atoms with van der Waals surface area (Å²) >= 11 is 0. The van der Waals surface area contributed by atoms with E-state index in [0.29, 0.717) is 13.0 Å². The molecule has 0 spiro atoms. The lowest BCUT2D eigenvalue weighted by Gasteiger charge is -2.23. The van der Waals surface area contributed by atoms with Crippen LogP contribution >= 0.6 is 0 Å². The van der Waals surface area contributed by atoms with E-state index in [9.17, 15) is 14.8 Å². The van der Waals surface area contributed by atoms with E-state index in [1.54, 1.807) is 4.68 Å². The number of ether oxygens (including phenoxy) is 1. The molecule has 37 heavy (non-hydrogen) atoms. The van der Waals surface area contributed by atoms with Gasteiger partial charge in [-0.2, -0.15) is 5.10 Å². The Bertz CT molecular complexity index is 1150. The first-order valence-corrected chi connectivity index (χ1v) is 13.2. The van der Waals surface area contributed by atoms with Gasteiger partial charge in [-0.25, -0.2) is 0 Å². The van der Waals surface area contributed by atoms with Gasteiger partial charge in [-0.3, -0.25) is 14.4 Å². The maximum absolute atomic E-state index is 12.9. The molecule has 2 heterocycles. The largest absolute Gasteiger partial charge is 0.492 e. The third-order valence-electron chi connectivity index (χ3n) is 7.05. The van der Waals surface area contributed by atoms with Crippen LogP contribution in [0, 0.1) is 5.92 Å². The van der Waals surface area contributed by atoms with Crippen LogP contribution in [0.2, 0.25) is 0 Å². The Kier molecular flexibility index (Phi) is 9.38. The van der Waals surface area contributed by atoms with Crippen molar-refractivity contribution in [3.05, 3.63) is 60.7 Å². The Balaban J connectivity index is 1.53. The summed E-state index contributed by atoms with van der Waals surface area (Å²) in [6.45, 7) is 7.64. The zero-order valence-electron chi connectivity index (χ0n) is 21.7. The first-order chi connectivity index (χ1) is 17.9. The van der Waals surface area contributed by atoms with Gasteiger partial charge in [-0.15, -0.1) is 0 Å². The highest BCUT2D eigenvalue weighted by atomic mass is 16.5. The van der Waals surface area contributed by atoms with Gasteiger partial charge in [0.2, 0.25) is 5.91 Å². The van der Waals surface area contributed by atoms with Gasteiger partial charge in [-0.05, 0) is 55.6 Å². The van der Waals surface area contributed by atoms with Crippen LogP contribution in [-0.2, 0) is 11.3 Å². The molecule has 1 aliphatic rings. The Morgan fingerprint density at radius 3 is 2.51 bits per heavy atom. The fraction of sp³-hybridized carbons (Fsp3) is 0.429. The van der Waals surface area contributed by atoms with E-state index in [-0.39, 0.29) is 18.4 Å². The van der Waals surface area contributed by atoms with E-state index in [4.69, 9.17) is 9.84 Å². The molecule has 1 amide bonds. The second-order valence-corrected chi connectivity index (χ2v) is 9.76. The zero-order chi connectivity index (χ0) is 26.2. The first kappa shape index (κ1) is 26.9. The van der Waals surface area contributed by atoms with E-state index in [1.807, 2.05) is 74.5 Å². The van der Waals surface area contributed by atoms with Crippen LogP contribution in [0.15, 0.2) is 60.7 Å². The summed E-state index contributed by atoms with van der Waals surface area (Å²) in [5.74, 6) is -0.371. The summed E-state index contributed by atoms with van der Waals surface area (Å²) in [7, 11) is -1.63. The number of hydrogen-bond acceptors (Lipinski definition) is 6. The number of nitrogens with zero attached hydrogens (tertiary/aromatic N) is 3. The number of nitrogens with one attached hydrogen (secondary N) is 1. The van der Waals surface area contributed by atoms with E-state index in [1.165, 1.54) is 12.8 Å². The lowest BCUT2D eigenvalue weighted by molar-refractivity contribution is -0.122. The Hall–Kier alpha value is -3.14. The molecule has 3 N–H and O–H groups in total. The van der Waals surface area contributed by atoms with Gasteiger partial charge in [0.05, 0.1) is 17.3 Å². The minimum atomic E-state index is -1.63. The lowest BCUT2D eigenvalue weighted by atomic mass is 9.71. The topological polar surface area (TPSA) is 99.9 Å². The second kappa shape index (κ2) is 12.9. The van der Waals surface area contributed by atoms with Crippen LogP contribution in [-0.4, -0.2) is 69.9 Å². The monoisotopic (exact) mass is 504 g/mol. The number of carbonyl (C=O) groups is 1. The predicted octanol–water partition coefficient (Wildman–Crippen LogP) is 3.23. The highest BCUT2D eigenvalue weighted by molar-refractivity contribution is 6.43. The molecule has 0 bridgehead atoms. The van der Waals surface area contributed by atoms with E-state index >= 15 is 0 Å².